The van der Waals surface area contributed by atoms with Crippen molar-refractivity contribution in [2.45, 2.75) is 56.8 Å². The van der Waals surface area contributed by atoms with E-state index in [0.717, 1.165) is 12.8 Å². The Morgan fingerprint density at radius 2 is 1.83 bits per heavy atom. The summed E-state index contributed by atoms with van der Waals surface area (Å²) in [4.78, 5) is 12.4. The van der Waals surface area contributed by atoms with Gasteiger partial charge in [0.15, 0.2) is 11.6 Å². The summed E-state index contributed by atoms with van der Waals surface area (Å²) >= 11 is 0. The molecule has 4 unspecified atom stereocenters. The van der Waals surface area contributed by atoms with Gasteiger partial charge in [0.25, 0.3) is 0 Å². The van der Waals surface area contributed by atoms with E-state index in [0.29, 0.717) is 32.3 Å². The van der Waals surface area contributed by atoms with E-state index >= 15 is 0 Å². The smallest absolute Gasteiger partial charge is 0.309 e. The molecular weight excluding hydrogens is 397 g/mol. The fraction of sp³-hybridized carbons (Fsp3) is 0.609. The van der Waals surface area contributed by atoms with Gasteiger partial charge in [-0.2, -0.15) is 0 Å². The number of hydrogen-bond acceptors (Lipinski definition) is 4. The third kappa shape index (κ3) is 4.42. The van der Waals surface area contributed by atoms with Gasteiger partial charge >= 0.3 is 5.97 Å². The highest BCUT2D eigenvalue weighted by Gasteiger charge is 2.39. The highest BCUT2D eigenvalue weighted by atomic mass is 19.2. The maximum absolute atomic E-state index is 14.5. The van der Waals surface area contributed by atoms with Crippen molar-refractivity contribution in [3.8, 4) is 0 Å². The topological polar surface area (TPSA) is 59.1 Å². The van der Waals surface area contributed by atoms with E-state index in [1.807, 2.05) is 0 Å². The molecule has 0 spiro atoms. The zero-order valence-electron chi connectivity index (χ0n) is 16.7. The van der Waals surface area contributed by atoms with Crippen LogP contribution in [0.5, 0.6) is 0 Å². The zero-order valence-corrected chi connectivity index (χ0v) is 16.7. The lowest BCUT2D eigenvalue weighted by Gasteiger charge is -2.37. The molecule has 30 heavy (non-hydrogen) atoms. The Morgan fingerprint density at radius 1 is 1.10 bits per heavy atom. The molecule has 1 aromatic carbocycles. The van der Waals surface area contributed by atoms with E-state index in [1.165, 1.54) is 18.2 Å². The minimum atomic E-state index is -1.08. The molecule has 0 amide bonds. The molecule has 4 rings (SSSR count). The number of alkyl halides is 1. The first-order chi connectivity index (χ1) is 14.5. The van der Waals surface area contributed by atoms with E-state index in [2.05, 4.69) is 0 Å². The molecule has 0 radical (unpaired) electrons. The minimum Gasteiger partial charge on any atom is -0.458 e. The molecule has 164 valence electrons. The van der Waals surface area contributed by atoms with Gasteiger partial charge in [0.2, 0.25) is 0 Å². The van der Waals surface area contributed by atoms with Crippen LogP contribution in [0.1, 0.15) is 61.9 Å². The molecule has 4 nitrogen and oxygen atoms in total. The van der Waals surface area contributed by atoms with E-state index in [-0.39, 0.29) is 47.1 Å². The van der Waals surface area contributed by atoms with Crippen LogP contribution in [0, 0.1) is 29.4 Å². The Balaban J connectivity index is 1.34. The minimum absolute atomic E-state index is 0.0140. The molecule has 3 fully saturated rings. The maximum atomic E-state index is 14.5. The molecular formula is C23H27F3O4. The Hall–Kier alpha value is -1.86. The Labute approximate surface area is 174 Å². The number of esters is 1. The number of cyclic esters (lactones) is 1. The highest BCUT2D eigenvalue weighted by molar-refractivity contribution is 5.74. The van der Waals surface area contributed by atoms with Crippen LogP contribution in [-0.4, -0.2) is 30.5 Å². The van der Waals surface area contributed by atoms with Gasteiger partial charge in [-0.15, -0.1) is 0 Å². The first kappa shape index (κ1) is 21.4. The van der Waals surface area contributed by atoms with Crippen LogP contribution in [-0.2, 0) is 14.3 Å². The summed E-state index contributed by atoms with van der Waals surface area (Å²) in [7, 11) is 0. The first-order valence-electron chi connectivity index (χ1n) is 10.7. The van der Waals surface area contributed by atoms with Crippen molar-refractivity contribution in [1.82, 2.24) is 0 Å². The predicted molar refractivity (Wildman–Crippen MR) is 103 cm³/mol. The lowest BCUT2D eigenvalue weighted by atomic mass is 9.71. The quantitative estimate of drug-likeness (QED) is 0.408. The summed E-state index contributed by atoms with van der Waals surface area (Å²) in [6.07, 6.45) is 5.22. The molecule has 3 aliphatic rings. The molecule has 2 saturated heterocycles. The van der Waals surface area contributed by atoms with Crippen LogP contribution in [0.25, 0.3) is 0 Å². The average Bonchev–Trinajstić information content (AvgIpc) is 3.59. The molecule has 4 atom stereocenters. The number of carbonyl (C=O) groups is 1. The van der Waals surface area contributed by atoms with E-state index < -0.39 is 24.4 Å². The number of aliphatic hydroxyl groups excluding tert-OH is 1. The normalized spacial score (nSPS) is 32.8. The van der Waals surface area contributed by atoms with Crippen molar-refractivity contribution in [1.29, 1.82) is 0 Å². The molecule has 1 N–H and O–H groups in total. The number of benzene rings is 1. The van der Waals surface area contributed by atoms with Gasteiger partial charge in [0.05, 0.1) is 18.6 Å². The number of halogens is 3. The second-order valence-corrected chi connectivity index (χ2v) is 8.56. The van der Waals surface area contributed by atoms with Crippen molar-refractivity contribution in [2.24, 2.45) is 17.8 Å². The van der Waals surface area contributed by atoms with Crippen molar-refractivity contribution >= 4 is 5.97 Å². The summed E-state index contributed by atoms with van der Waals surface area (Å²) in [5, 5.41) is 10.7. The summed E-state index contributed by atoms with van der Waals surface area (Å²) in [5.74, 6) is -2.40. The number of rotatable bonds is 6. The van der Waals surface area contributed by atoms with Gasteiger partial charge in [0.1, 0.15) is 18.9 Å². The van der Waals surface area contributed by atoms with Gasteiger partial charge in [-0.1, -0.05) is 18.2 Å². The Morgan fingerprint density at radius 3 is 2.47 bits per heavy atom. The van der Waals surface area contributed by atoms with Crippen molar-refractivity contribution in [2.75, 3.05) is 13.3 Å². The van der Waals surface area contributed by atoms with Crippen LogP contribution in [0.15, 0.2) is 24.3 Å². The first-order valence-corrected chi connectivity index (χ1v) is 10.7. The number of aliphatic hydroxyl groups is 1. The zero-order chi connectivity index (χ0) is 21.3. The predicted octanol–water partition coefficient (Wildman–Crippen LogP) is 4.72. The molecule has 7 heteroatoms. The molecule has 0 aromatic heterocycles. The number of ether oxygens (including phenoxy) is 2. The Bertz CT molecular complexity index is 800. The molecule has 2 heterocycles. The standard InChI is InChI=1S/C23H27F3O4/c24-11-1-2-15-7-8-16(23(28)30-15)13-3-5-14(6-4-13)22(27)18-10-9-17(19-12-29-19)20(25)21(18)26/h1-2,9-10,13-16,19,22,27H,3-8,11-12H2/b2-1+. The average molecular weight is 424 g/mol. The fourth-order valence-electron chi connectivity index (χ4n) is 4.93. The van der Waals surface area contributed by atoms with Gasteiger partial charge in [-0.25, -0.2) is 13.2 Å². The molecule has 1 aliphatic carbocycles. The summed E-state index contributed by atoms with van der Waals surface area (Å²) in [6.45, 7) is -0.190. The maximum Gasteiger partial charge on any atom is 0.309 e. The van der Waals surface area contributed by atoms with Gasteiger partial charge in [-0.05, 0) is 56.4 Å². The highest BCUT2D eigenvalue weighted by Crippen LogP contribution is 2.43. The summed E-state index contributed by atoms with van der Waals surface area (Å²) in [6, 6.07) is 2.95. The van der Waals surface area contributed by atoms with Crippen molar-refractivity contribution < 1.29 is 32.5 Å². The largest absolute Gasteiger partial charge is 0.458 e. The number of epoxide rings is 1. The number of hydrogen-bond donors (Lipinski definition) is 1. The third-order valence-corrected chi connectivity index (χ3v) is 6.75. The molecule has 1 aromatic rings. The number of allylic oxidation sites excluding steroid dienone is 1. The van der Waals surface area contributed by atoms with Gasteiger partial charge in [0, 0.05) is 11.1 Å². The van der Waals surface area contributed by atoms with Crippen molar-refractivity contribution in [3.05, 3.63) is 47.0 Å². The lowest BCUT2D eigenvalue weighted by molar-refractivity contribution is -0.160. The van der Waals surface area contributed by atoms with Gasteiger partial charge in [-0.3, -0.25) is 4.79 Å². The molecule has 1 saturated carbocycles. The monoisotopic (exact) mass is 424 g/mol. The lowest BCUT2D eigenvalue weighted by Crippen LogP contribution is -2.36. The van der Waals surface area contributed by atoms with Crippen LogP contribution in [0.4, 0.5) is 13.2 Å². The van der Waals surface area contributed by atoms with Crippen molar-refractivity contribution in [3.63, 3.8) is 0 Å². The van der Waals surface area contributed by atoms with Crippen LogP contribution >= 0.6 is 0 Å². The Kier molecular flexibility index (Phi) is 6.48. The summed E-state index contributed by atoms with van der Waals surface area (Å²) < 4.78 is 51.5. The van der Waals surface area contributed by atoms with Crippen LogP contribution in [0.2, 0.25) is 0 Å². The van der Waals surface area contributed by atoms with E-state index in [9.17, 15) is 23.1 Å². The van der Waals surface area contributed by atoms with E-state index in [1.54, 1.807) is 6.08 Å². The summed E-state index contributed by atoms with van der Waals surface area (Å²) in [5.41, 5.74) is 0.183. The SMILES string of the molecule is O=C1OC(/C=C/CF)CCC1C1CCC(C(O)c2ccc(C3CO3)c(F)c2F)CC1. The van der Waals surface area contributed by atoms with Crippen LogP contribution < -0.4 is 0 Å². The molecule has 2 aliphatic heterocycles. The number of carbonyl (C=O) groups excluding carboxylic acids is 1. The third-order valence-electron chi connectivity index (χ3n) is 6.75. The van der Waals surface area contributed by atoms with E-state index in [4.69, 9.17) is 9.47 Å². The fourth-order valence-corrected chi connectivity index (χ4v) is 4.93. The van der Waals surface area contributed by atoms with Crippen LogP contribution in [0.3, 0.4) is 0 Å². The van der Waals surface area contributed by atoms with Gasteiger partial charge < -0.3 is 14.6 Å². The second kappa shape index (κ2) is 9.10. The molecule has 0 bridgehead atoms. The second-order valence-electron chi connectivity index (χ2n) is 8.56.